The van der Waals surface area contributed by atoms with Crippen LogP contribution in [0.5, 0.6) is 0 Å². The van der Waals surface area contributed by atoms with Gasteiger partial charge in [-0.2, -0.15) is 26.3 Å². The summed E-state index contributed by atoms with van der Waals surface area (Å²) >= 11 is 0. The van der Waals surface area contributed by atoms with Gasteiger partial charge in [0.25, 0.3) is 0 Å². The van der Waals surface area contributed by atoms with Gasteiger partial charge in [-0.3, -0.25) is 9.69 Å². The summed E-state index contributed by atoms with van der Waals surface area (Å²) in [6.07, 6.45) is -9.32. The number of hydrogen-bond acceptors (Lipinski definition) is 4. The predicted molar refractivity (Wildman–Crippen MR) is 139 cm³/mol. The van der Waals surface area contributed by atoms with Crippen LogP contribution in [0.1, 0.15) is 73.3 Å². The molecule has 12 heteroatoms. The molecular formula is C30H33F7N2O3. The minimum absolute atomic E-state index is 0.0630. The second kappa shape index (κ2) is 11.8. The Labute approximate surface area is 239 Å². The molecule has 2 aromatic carbocycles. The molecule has 230 valence electrons. The highest BCUT2D eigenvalue weighted by atomic mass is 19.4. The van der Waals surface area contributed by atoms with Crippen molar-refractivity contribution in [2.75, 3.05) is 19.6 Å². The molecule has 3 heterocycles. The largest absolute Gasteiger partial charge is 0.416 e. The third kappa shape index (κ3) is 6.45. The lowest BCUT2D eigenvalue weighted by atomic mass is 9.80. The van der Waals surface area contributed by atoms with Crippen LogP contribution in [-0.2, 0) is 21.9 Å². The molecule has 3 saturated heterocycles. The summed E-state index contributed by atoms with van der Waals surface area (Å²) in [5.41, 5.74) is -2.55. The lowest BCUT2D eigenvalue weighted by Crippen LogP contribution is -2.51. The first-order valence-corrected chi connectivity index (χ1v) is 14.1. The van der Waals surface area contributed by atoms with Gasteiger partial charge in [-0.15, -0.1) is 0 Å². The highest BCUT2D eigenvalue weighted by Crippen LogP contribution is 2.45. The van der Waals surface area contributed by atoms with Crippen molar-refractivity contribution in [2.45, 2.75) is 81.8 Å². The monoisotopic (exact) mass is 602 g/mol. The number of halogens is 7. The molecule has 3 aliphatic heterocycles. The second-order valence-corrected chi connectivity index (χ2v) is 11.6. The summed E-state index contributed by atoms with van der Waals surface area (Å²) in [5, 5.41) is 11.2. The normalized spacial score (nSPS) is 27.2. The minimum Gasteiger partial charge on any atom is -0.378 e. The van der Waals surface area contributed by atoms with Crippen molar-refractivity contribution >= 4 is 5.91 Å². The Morgan fingerprint density at radius 2 is 1.52 bits per heavy atom. The number of ether oxygens (including phenoxy) is 1. The molecule has 6 atom stereocenters. The van der Waals surface area contributed by atoms with Crippen molar-refractivity contribution in [1.82, 2.24) is 9.80 Å². The van der Waals surface area contributed by atoms with Crippen LogP contribution in [0.4, 0.5) is 30.7 Å². The molecular weight excluding hydrogens is 569 g/mol. The topological polar surface area (TPSA) is 53.0 Å². The van der Waals surface area contributed by atoms with Gasteiger partial charge < -0.3 is 14.7 Å². The number of carbonyl (C=O) groups is 1. The maximum atomic E-state index is 13.8. The Morgan fingerprint density at radius 1 is 0.929 bits per heavy atom. The highest BCUT2D eigenvalue weighted by Gasteiger charge is 2.51. The summed E-state index contributed by atoms with van der Waals surface area (Å²) in [5.74, 6) is -1.60. The molecule has 5 rings (SSSR count). The number of aliphatic hydroxyl groups excluding tert-OH is 1. The smallest absolute Gasteiger partial charge is 0.378 e. The van der Waals surface area contributed by atoms with E-state index in [0.29, 0.717) is 24.1 Å². The molecule has 2 unspecified atom stereocenters. The quantitative estimate of drug-likeness (QED) is 0.383. The second-order valence-electron chi connectivity index (χ2n) is 11.6. The number of rotatable bonds is 6. The summed E-state index contributed by atoms with van der Waals surface area (Å²) in [4.78, 5) is 16.9. The van der Waals surface area contributed by atoms with Gasteiger partial charge in [0.05, 0.1) is 23.3 Å². The van der Waals surface area contributed by atoms with Crippen molar-refractivity contribution < 1.29 is 45.4 Å². The number of carbonyl (C=O) groups excluding carboxylic acids is 1. The SMILES string of the molecule is C[C@@H](O[C@H]1CN2C(=O)CC(C(O)N3CCCCC3)C[C@H]2[C@@H]1c1ccc(F)cc1)c1cc(C(F)(F)F)cc(C(F)(F)F)c1. The Morgan fingerprint density at radius 3 is 2.10 bits per heavy atom. The van der Waals surface area contributed by atoms with Gasteiger partial charge in [0.15, 0.2) is 0 Å². The number of hydrogen-bond donors (Lipinski definition) is 1. The lowest BCUT2D eigenvalue weighted by molar-refractivity contribution is -0.144. The zero-order valence-corrected chi connectivity index (χ0v) is 23.0. The summed E-state index contributed by atoms with van der Waals surface area (Å²) in [6, 6.07) is 6.51. The van der Waals surface area contributed by atoms with Crippen LogP contribution in [0.25, 0.3) is 0 Å². The number of fused-ring (bicyclic) bond motifs is 1. The minimum atomic E-state index is -5.00. The van der Waals surface area contributed by atoms with E-state index in [9.17, 15) is 40.6 Å². The van der Waals surface area contributed by atoms with E-state index < -0.39 is 59.7 Å². The number of likely N-dealkylation sites (tertiary alicyclic amines) is 1. The molecule has 0 saturated carbocycles. The highest BCUT2D eigenvalue weighted by molar-refractivity contribution is 5.78. The van der Waals surface area contributed by atoms with Gasteiger partial charge >= 0.3 is 12.4 Å². The number of amides is 1. The Balaban J connectivity index is 1.45. The van der Waals surface area contributed by atoms with Crippen LogP contribution in [0, 0.1) is 11.7 Å². The van der Waals surface area contributed by atoms with Crippen LogP contribution in [0.15, 0.2) is 42.5 Å². The van der Waals surface area contributed by atoms with Crippen molar-refractivity contribution in [2.24, 2.45) is 5.92 Å². The third-order valence-corrected chi connectivity index (χ3v) is 8.79. The van der Waals surface area contributed by atoms with E-state index in [4.69, 9.17) is 4.74 Å². The number of nitrogens with zero attached hydrogens (tertiary/aromatic N) is 2. The lowest BCUT2D eigenvalue weighted by Gasteiger charge is -2.42. The number of piperidine rings is 2. The number of alkyl halides is 6. The van der Waals surface area contributed by atoms with E-state index in [0.717, 1.165) is 32.4 Å². The number of aliphatic hydroxyl groups is 1. The fraction of sp³-hybridized carbons (Fsp3) is 0.567. The molecule has 3 aliphatic rings. The molecule has 42 heavy (non-hydrogen) atoms. The number of benzene rings is 2. The van der Waals surface area contributed by atoms with E-state index in [1.807, 2.05) is 4.90 Å². The molecule has 0 aromatic heterocycles. The van der Waals surface area contributed by atoms with Crippen molar-refractivity contribution in [1.29, 1.82) is 0 Å². The molecule has 2 aromatic rings. The van der Waals surface area contributed by atoms with E-state index >= 15 is 0 Å². The molecule has 0 bridgehead atoms. The standard InChI is InChI=1S/C30H33F7N2O3/c1-17(19-11-21(29(32,33)34)15-22(12-19)30(35,36)37)42-25-16-39-24(27(25)18-5-7-23(31)8-6-18)13-20(14-26(39)40)28(41)38-9-3-2-4-10-38/h5-8,11-12,15,17,20,24-25,27-28,41H,2-4,9-10,13-14,16H2,1H3/t17-,20?,24+,25+,27+,28?/m1/s1. The van der Waals surface area contributed by atoms with Crippen LogP contribution < -0.4 is 0 Å². The van der Waals surface area contributed by atoms with E-state index in [2.05, 4.69) is 0 Å². The summed E-state index contributed by atoms with van der Waals surface area (Å²) in [7, 11) is 0. The van der Waals surface area contributed by atoms with Crippen molar-refractivity contribution in [3.63, 3.8) is 0 Å². The van der Waals surface area contributed by atoms with Crippen LogP contribution in [0.2, 0.25) is 0 Å². The van der Waals surface area contributed by atoms with Crippen LogP contribution in [0.3, 0.4) is 0 Å². The van der Waals surface area contributed by atoms with Gasteiger partial charge in [-0.25, -0.2) is 4.39 Å². The average Bonchev–Trinajstić information content (AvgIpc) is 3.30. The maximum absolute atomic E-state index is 13.8. The van der Waals surface area contributed by atoms with E-state index in [1.54, 1.807) is 17.0 Å². The van der Waals surface area contributed by atoms with Gasteiger partial charge in [0.2, 0.25) is 5.91 Å². The average molecular weight is 603 g/mol. The Kier molecular flexibility index (Phi) is 8.61. The van der Waals surface area contributed by atoms with Gasteiger partial charge in [-0.05, 0) is 67.6 Å². The maximum Gasteiger partial charge on any atom is 0.416 e. The molecule has 1 N–H and O–H groups in total. The third-order valence-electron chi connectivity index (χ3n) is 8.79. The zero-order valence-electron chi connectivity index (χ0n) is 23.0. The molecule has 3 fully saturated rings. The van der Waals surface area contributed by atoms with E-state index in [1.165, 1.54) is 19.1 Å². The molecule has 0 radical (unpaired) electrons. The first-order valence-electron chi connectivity index (χ1n) is 14.1. The van der Waals surface area contributed by atoms with E-state index in [-0.39, 0.29) is 36.4 Å². The predicted octanol–water partition coefficient (Wildman–Crippen LogP) is 6.52. The Hall–Kier alpha value is -2.70. The Bertz CT molecular complexity index is 1230. The first-order chi connectivity index (χ1) is 19.7. The molecule has 0 spiro atoms. The summed E-state index contributed by atoms with van der Waals surface area (Å²) < 4.78 is 101. The van der Waals surface area contributed by atoms with Gasteiger partial charge in [-0.1, -0.05) is 18.6 Å². The summed E-state index contributed by atoms with van der Waals surface area (Å²) in [6.45, 7) is 2.89. The zero-order chi connectivity index (χ0) is 30.4. The first kappa shape index (κ1) is 30.7. The van der Waals surface area contributed by atoms with Crippen LogP contribution in [-0.4, -0.2) is 58.8 Å². The van der Waals surface area contributed by atoms with Crippen LogP contribution >= 0.6 is 0 Å². The van der Waals surface area contributed by atoms with Crippen molar-refractivity contribution in [3.8, 4) is 0 Å². The fourth-order valence-corrected chi connectivity index (χ4v) is 6.69. The molecule has 1 amide bonds. The van der Waals surface area contributed by atoms with Gasteiger partial charge in [0, 0.05) is 43.9 Å². The fourth-order valence-electron chi connectivity index (χ4n) is 6.69. The molecule has 0 aliphatic carbocycles. The molecule has 5 nitrogen and oxygen atoms in total. The van der Waals surface area contributed by atoms with Crippen molar-refractivity contribution in [3.05, 3.63) is 70.5 Å². The van der Waals surface area contributed by atoms with Gasteiger partial charge in [0.1, 0.15) is 12.0 Å².